The van der Waals surface area contributed by atoms with Gasteiger partial charge in [0, 0.05) is 0 Å². The quantitative estimate of drug-likeness (QED) is 0.628. The van der Waals surface area contributed by atoms with Crippen LogP contribution in [0.4, 0.5) is 0 Å². The number of hydrogen-bond donors (Lipinski definition) is 1. The molecule has 21 heavy (non-hydrogen) atoms. The van der Waals surface area contributed by atoms with E-state index in [4.69, 9.17) is 0 Å². The van der Waals surface area contributed by atoms with Crippen LogP contribution in [0.15, 0.2) is 35.5 Å². The zero-order valence-corrected chi connectivity index (χ0v) is 16.0. The van der Waals surface area contributed by atoms with Gasteiger partial charge < -0.3 is 0 Å². The summed E-state index contributed by atoms with van der Waals surface area (Å²) >= 11 is 1.71. The van der Waals surface area contributed by atoms with Crippen molar-refractivity contribution in [2.24, 2.45) is 11.3 Å². The number of allylic oxidation sites excluding steroid dienone is 4. The molecular weight excluding hydrogens is 428 g/mol. The van der Waals surface area contributed by atoms with Gasteiger partial charge in [-0.2, -0.15) is 0 Å². The maximum absolute atomic E-state index is 9.86. The molecule has 3 fully saturated rings. The normalized spacial score (nSPS) is 40.9. The van der Waals surface area contributed by atoms with Crippen LogP contribution in [0.1, 0.15) is 58.3 Å². The molecular formula is C19H26OW. The van der Waals surface area contributed by atoms with Crippen LogP contribution in [0.3, 0.4) is 0 Å². The Hall–Kier alpha value is -0.262. The van der Waals surface area contributed by atoms with E-state index in [0.29, 0.717) is 5.41 Å². The van der Waals surface area contributed by atoms with Gasteiger partial charge >= 0.3 is 140 Å². The molecule has 3 aliphatic rings. The third-order valence-corrected chi connectivity index (χ3v) is 8.27. The van der Waals surface area contributed by atoms with E-state index in [2.05, 4.69) is 25.7 Å². The minimum atomic E-state index is -0.164. The molecule has 3 atom stereocenters. The second kappa shape index (κ2) is 6.09. The Bertz CT molecular complexity index is 528. The molecule has 0 aromatic heterocycles. The zero-order valence-electron chi connectivity index (χ0n) is 13.0. The standard InChI is InChI=1S/C19H26O.W/c1-14-7-10-17(20)13-16(14)9-8-15-5-3-11-19(2)12-4-6-18(15)19;/h8-9,17-18,20H,1,3-7,10-11,13H2,2H3;/b15-8+,16-9-;. The van der Waals surface area contributed by atoms with Crippen molar-refractivity contribution in [1.82, 2.24) is 0 Å². The van der Waals surface area contributed by atoms with Crippen LogP contribution >= 0.6 is 0 Å². The summed E-state index contributed by atoms with van der Waals surface area (Å²) in [5, 5.41) is 9.86. The summed E-state index contributed by atoms with van der Waals surface area (Å²) in [6, 6.07) is 0. The molecule has 0 aromatic carbocycles. The van der Waals surface area contributed by atoms with E-state index in [9.17, 15) is 5.11 Å². The van der Waals surface area contributed by atoms with Gasteiger partial charge in [-0.3, -0.25) is 0 Å². The van der Waals surface area contributed by atoms with Gasteiger partial charge in [-0.25, -0.2) is 0 Å². The van der Waals surface area contributed by atoms with Gasteiger partial charge in [0.2, 0.25) is 0 Å². The van der Waals surface area contributed by atoms with E-state index in [-0.39, 0.29) is 6.10 Å². The van der Waals surface area contributed by atoms with Crippen molar-refractivity contribution in [1.29, 1.82) is 0 Å². The van der Waals surface area contributed by atoms with Crippen LogP contribution in [0.2, 0.25) is 0 Å². The van der Waals surface area contributed by atoms with Gasteiger partial charge in [-0.15, -0.1) is 0 Å². The summed E-state index contributed by atoms with van der Waals surface area (Å²) in [5.74, 6) is 0.775. The summed E-state index contributed by atoms with van der Waals surface area (Å²) in [4.78, 5) is 0. The Labute approximate surface area is 139 Å². The molecule has 1 nitrogen and oxygen atoms in total. The van der Waals surface area contributed by atoms with Crippen LogP contribution in [0, 0.1) is 11.3 Å². The number of aliphatic hydroxyl groups excluding tert-OH is 1. The van der Waals surface area contributed by atoms with Crippen molar-refractivity contribution >= 4 is 3.90 Å². The third kappa shape index (κ3) is 2.97. The van der Waals surface area contributed by atoms with E-state index < -0.39 is 0 Å². The van der Waals surface area contributed by atoms with Crippen molar-refractivity contribution in [2.75, 3.05) is 0 Å². The number of fused-ring (bicyclic) bond motifs is 1. The monoisotopic (exact) mass is 454 g/mol. The average molecular weight is 454 g/mol. The van der Waals surface area contributed by atoms with Crippen molar-refractivity contribution < 1.29 is 24.5 Å². The van der Waals surface area contributed by atoms with Gasteiger partial charge in [0.1, 0.15) is 0 Å². The van der Waals surface area contributed by atoms with Gasteiger partial charge in [-0.05, 0) is 0 Å². The molecule has 2 heteroatoms. The van der Waals surface area contributed by atoms with E-state index in [1.807, 2.05) is 0 Å². The Morgan fingerprint density at radius 1 is 1.24 bits per heavy atom. The first kappa shape index (κ1) is 15.6. The van der Waals surface area contributed by atoms with E-state index in [1.54, 1.807) is 28.8 Å². The molecule has 1 N–H and O–H groups in total. The second-order valence-electron chi connectivity index (χ2n) is 7.22. The first-order valence-electron chi connectivity index (χ1n) is 8.30. The van der Waals surface area contributed by atoms with Gasteiger partial charge in [0.25, 0.3) is 0 Å². The van der Waals surface area contributed by atoms with Crippen molar-refractivity contribution in [3.8, 4) is 0 Å². The van der Waals surface area contributed by atoms with E-state index in [0.717, 1.165) is 25.2 Å². The van der Waals surface area contributed by atoms with Gasteiger partial charge in [-0.1, -0.05) is 0 Å². The molecule has 3 rings (SSSR count). The fourth-order valence-electron chi connectivity index (χ4n) is 4.41. The van der Waals surface area contributed by atoms with Crippen LogP contribution in [-0.4, -0.2) is 15.1 Å². The van der Waals surface area contributed by atoms with Crippen molar-refractivity contribution in [3.63, 3.8) is 0 Å². The number of hydrogen-bond acceptors (Lipinski definition) is 1. The summed E-state index contributed by atoms with van der Waals surface area (Å²) < 4.78 is 1.79. The van der Waals surface area contributed by atoms with Crippen molar-refractivity contribution in [2.45, 2.75) is 64.4 Å². The third-order valence-electron chi connectivity index (χ3n) is 5.86. The van der Waals surface area contributed by atoms with Crippen LogP contribution in [0.5, 0.6) is 0 Å². The summed E-state index contributed by atoms with van der Waals surface area (Å²) in [6.45, 7) is 6.67. The number of aliphatic hydroxyl groups is 1. The van der Waals surface area contributed by atoms with E-state index in [1.165, 1.54) is 43.3 Å². The predicted molar refractivity (Wildman–Crippen MR) is 84.9 cm³/mol. The van der Waals surface area contributed by atoms with Gasteiger partial charge in [0.05, 0.1) is 0 Å². The molecule has 0 radical (unpaired) electrons. The topological polar surface area (TPSA) is 20.2 Å². The molecule has 0 spiro atoms. The second-order valence-corrected chi connectivity index (χ2v) is 8.99. The number of rotatable bonds is 1. The summed E-state index contributed by atoms with van der Waals surface area (Å²) in [7, 11) is 0. The SMILES string of the molecule is C=C1CCC(O)C/C1=C/C=C1\CCCC2(C)[C](=[W])CCC12. The molecule has 0 saturated heterocycles. The molecule has 0 bridgehead atoms. The molecule has 0 aliphatic heterocycles. The molecule has 114 valence electrons. The van der Waals surface area contributed by atoms with Gasteiger partial charge in [0.15, 0.2) is 0 Å². The Balaban J connectivity index is 1.82. The fourth-order valence-corrected chi connectivity index (χ4v) is 5.71. The fraction of sp³-hybridized carbons (Fsp3) is 0.632. The molecule has 3 aliphatic carbocycles. The molecule has 0 amide bonds. The molecule has 0 heterocycles. The summed E-state index contributed by atoms with van der Waals surface area (Å²) in [6.07, 6.45) is 13.8. The molecule has 3 unspecified atom stereocenters. The summed E-state index contributed by atoms with van der Waals surface area (Å²) in [5.41, 5.74) is 4.65. The average Bonchev–Trinajstić information content (AvgIpc) is 2.76. The van der Waals surface area contributed by atoms with Crippen molar-refractivity contribution in [3.05, 3.63) is 35.5 Å². The Kier molecular flexibility index (Phi) is 4.53. The first-order valence-corrected chi connectivity index (χ1v) is 9.76. The Morgan fingerprint density at radius 3 is 2.86 bits per heavy atom. The molecule has 0 aromatic rings. The first-order chi connectivity index (χ1) is 10.0. The van der Waals surface area contributed by atoms with Crippen LogP contribution in [-0.2, 0) is 19.4 Å². The predicted octanol–water partition coefficient (Wildman–Crippen LogP) is 4.26. The van der Waals surface area contributed by atoms with E-state index >= 15 is 0 Å². The molecule has 3 saturated carbocycles. The zero-order chi connectivity index (χ0) is 15.0. The maximum atomic E-state index is 9.86. The van der Waals surface area contributed by atoms with Crippen LogP contribution in [0.25, 0.3) is 0 Å². The minimum absolute atomic E-state index is 0.164. The van der Waals surface area contributed by atoms with Crippen LogP contribution < -0.4 is 0 Å². The Morgan fingerprint density at radius 2 is 2.05 bits per heavy atom.